The molecule has 1 saturated heterocycles. The van der Waals surface area contributed by atoms with Crippen molar-refractivity contribution >= 4 is 23.5 Å². The predicted octanol–water partition coefficient (Wildman–Crippen LogP) is 4.09. The molecule has 6 nitrogen and oxygen atoms in total. The lowest BCUT2D eigenvalue weighted by molar-refractivity contribution is 0.174. The van der Waals surface area contributed by atoms with Crippen molar-refractivity contribution in [2.75, 3.05) is 31.0 Å². The molecule has 136 valence electrons. The van der Waals surface area contributed by atoms with E-state index in [0.29, 0.717) is 24.6 Å². The van der Waals surface area contributed by atoms with Crippen molar-refractivity contribution in [2.24, 2.45) is 0 Å². The second-order valence-electron chi connectivity index (χ2n) is 5.89. The quantitative estimate of drug-likeness (QED) is 0.876. The Morgan fingerprint density at radius 1 is 1.27 bits per heavy atom. The van der Waals surface area contributed by atoms with Crippen molar-refractivity contribution in [3.8, 4) is 17.2 Å². The van der Waals surface area contributed by atoms with Crippen molar-refractivity contribution in [1.82, 2.24) is 4.90 Å². The maximum Gasteiger partial charge on any atom is 0.323 e. The number of nitrogens with zero attached hydrogens (tertiary/aromatic N) is 1. The minimum atomic E-state index is -0.134. The molecule has 2 aromatic carbocycles. The molecule has 26 heavy (non-hydrogen) atoms. The molecule has 1 N–H and O–H groups in total. The van der Waals surface area contributed by atoms with Crippen molar-refractivity contribution in [2.45, 2.75) is 12.3 Å². The number of hydrogen-bond acceptors (Lipinski definition) is 5. The van der Waals surface area contributed by atoms with Gasteiger partial charge in [0.15, 0.2) is 11.5 Å². The van der Waals surface area contributed by atoms with Crippen LogP contribution in [0.4, 0.5) is 10.5 Å². The summed E-state index contributed by atoms with van der Waals surface area (Å²) in [7, 11) is 0. The topological polar surface area (TPSA) is 60.0 Å². The Hall–Kier alpha value is -2.54. The second kappa shape index (κ2) is 7.37. The number of anilines is 1. The fraction of sp³-hybridized carbons (Fsp3) is 0.316. The van der Waals surface area contributed by atoms with Gasteiger partial charge in [0, 0.05) is 12.3 Å². The van der Waals surface area contributed by atoms with E-state index in [0.717, 1.165) is 22.8 Å². The molecule has 2 amide bonds. The highest BCUT2D eigenvalue weighted by Gasteiger charge is 2.32. The molecule has 1 fully saturated rings. The molecule has 2 aromatic rings. The molecule has 2 aliphatic heterocycles. The fourth-order valence-electron chi connectivity index (χ4n) is 3.06. The monoisotopic (exact) mass is 372 g/mol. The Balaban J connectivity index is 1.52. The number of rotatable bonds is 4. The van der Waals surface area contributed by atoms with Gasteiger partial charge in [-0.2, -0.15) is 0 Å². The number of para-hydroxylation sites is 2. The zero-order chi connectivity index (χ0) is 17.9. The SMILES string of the molecule is CCOc1ccccc1NC(=O)N1CCS[C@H]1c1ccc2c(c1)OCO2. The maximum atomic E-state index is 12.9. The molecule has 2 aliphatic rings. The van der Waals surface area contributed by atoms with Crippen molar-refractivity contribution in [1.29, 1.82) is 0 Å². The normalized spacial score (nSPS) is 18.0. The van der Waals surface area contributed by atoms with Gasteiger partial charge in [0.05, 0.1) is 12.3 Å². The van der Waals surface area contributed by atoms with Gasteiger partial charge in [-0.3, -0.25) is 0 Å². The number of amides is 2. The van der Waals surface area contributed by atoms with Crippen LogP contribution < -0.4 is 19.5 Å². The molecule has 0 bridgehead atoms. The van der Waals surface area contributed by atoms with Gasteiger partial charge in [-0.05, 0) is 36.8 Å². The number of benzene rings is 2. The molecule has 0 spiro atoms. The summed E-state index contributed by atoms with van der Waals surface area (Å²) in [6.45, 7) is 3.40. The van der Waals surface area contributed by atoms with Crippen LogP contribution in [0.15, 0.2) is 42.5 Å². The second-order valence-corrected chi connectivity index (χ2v) is 7.08. The lowest BCUT2D eigenvalue weighted by Crippen LogP contribution is -2.34. The fourth-order valence-corrected chi connectivity index (χ4v) is 4.30. The van der Waals surface area contributed by atoms with Crippen molar-refractivity contribution in [3.63, 3.8) is 0 Å². The van der Waals surface area contributed by atoms with Gasteiger partial charge in [0.2, 0.25) is 6.79 Å². The zero-order valence-corrected chi connectivity index (χ0v) is 15.3. The van der Waals surface area contributed by atoms with E-state index in [2.05, 4.69) is 5.32 Å². The third kappa shape index (κ3) is 3.26. The van der Waals surface area contributed by atoms with E-state index in [1.54, 1.807) is 11.8 Å². The summed E-state index contributed by atoms with van der Waals surface area (Å²) in [5.74, 6) is 3.05. The van der Waals surface area contributed by atoms with E-state index >= 15 is 0 Å². The third-order valence-corrected chi connectivity index (χ3v) is 5.52. The molecule has 2 heterocycles. The predicted molar refractivity (Wildman–Crippen MR) is 101 cm³/mol. The van der Waals surface area contributed by atoms with Crippen LogP contribution >= 0.6 is 11.8 Å². The van der Waals surface area contributed by atoms with Crippen LogP contribution in [-0.4, -0.2) is 36.6 Å². The Kier molecular flexibility index (Phi) is 4.79. The van der Waals surface area contributed by atoms with Gasteiger partial charge in [-0.15, -0.1) is 11.8 Å². The highest BCUT2D eigenvalue weighted by atomic mass is 32.2. The first-order chi connectivity index (χ1) is 12.8. The highest BCUT2D eigenvalue weighted by Crippen LogP contribution is 2.42. The summed E-state index contributed by atoms with van der Waals surface area (Å²) in [4.78, 5) is 14.7. The van der Waals surface area contributed by atoms with Crippen molar-refractivity contribution in [3.05, 3.63) is 48.0 Å². The van der Waals surface area contributed by atoms with Gasteiger partial charge in [0.1, 0.15) is 11.1 Å². The summed E-state index contributed by atoms with van der Waals surface area (Å²) < 4.78 is 16.4. The minimum Gasteiger partial charge on any atom is -0.492 e. The smallest absolute Gasteiger partial charge is 0.323 e. The average Bonchev–Trinajstić information content (AvgIpc) is 3.32. The van der Waals surface area contributed by atoms with Crippen LogP contribution in [0, 0.1) is 0 Å². The van der Waals surface area contributed by atoms with E-state index in [9.17, 15) is 4.79 Å². The van der Waals surface area contributed by atoms with E-state index in [4.69, 9.17) is 14.2 Å². The van der Waals surface area contributed by atoms with E-state index in [1.165, 1.54) is 0 Å². The largest absolute Gasteiger partial charge is 0.492 e. The molecular weight excluding hydrogens is 352 g/mol. The standard InChI is InChI=1S/C19H20N2O4S/c1-2-23-15-6-4-3-5-14(15)20-19(22)21-9-10-26-18(21)13-7-8-16-17(11-13)25-12-24-16/h3-8,11,18H,2,9-10,12H2,1H3,(H,20,22)/t18-/m0/s1. The van der Waals surface area contributed by atoms with E-state index in [1.807, 2.05) is 54.3 Å². The van der Waals surface area contributed by atoms with Gasteiger partial charge in [0.25, 0.3) is 0 Å². The Labute approximate surface area is 156 Å². The van der Waals surface area contributed by atoms with E-state index in [-0.39, 0.29) is 18.2 Å². The summed E-state index contributed by atoms with van der Waals surface area (Å²) in [6.07, 6.45) is 0. The van der Waals surface area contributed by atoms with E-state index < -0.39 is 0 Å². The summed E-state index contributed by atoms with van der Waals surface area (Å²) in [5, 5.41) is 2.93. The lowest BCUT2D eigenvalue weighted by atomic mass is 10.2. The third-order valence-electron chi connectivity index (χ3n) is 4.26. The Morgan fingerprint density at radius 2 is 2.12 bits per heavy atom. The number of fused-ring (bicyclic) bond motifs is 1. The van der Waals surface area contributed by atoms with Gasteiger partial charge in [-0.1, -0.05) is 18.2 Å². The average molecular weight is 372 g/mol. The summed E-state index contributed by atoms with van der Waals surface area (Å²) >= 11 is 1.74. The molecule has 0 saturated carbocycles. The number of ether oxygens (including phenoxy) is 3. The number of urea groups is 1. The number of carbonyl (C=O) groups excluding carboxylic acids is 1. The van der Waals surface area contributed by atoms with Crippen LogP contribution in [0.3, 0.4) is 0 Å². The maximum absolute atomic E-state index is 12.9. The Bertz CT molecular complexity index is 814. The van der Waals surface area contributed by atoms with Gasteiger partial charge in [-0.25, -0.2) is 4.79 Å². The van der Waals surface area contributed by atoms with Crippen LogP contribution in [0.25, 0.3) is 0 Å². The first-order valence-electron chi connectivity index (χ1n) is 8.57. The van der Waals surface area contributed by atoms with Gasteiger partial charge >= 0.3 is 6.03 Å². The van der Waals surface area contributed by atoms with Crippen LogP contribution in [0.5, 0.6) is 17.2 Å². The number of hydrogen-bond donors (Lipinski definition) is 1. The zero-order valence-electron chi connectivity index (χ0n) is 14.4. The Morgan fingerprint density at radius 3 is 3.00 bits per heavy atom. The molecule has 7 heteroatoms. The molecule has 1 atom stereocenters. The molecule has 0 unspecified atom stereocenters. The summed E-state index contributed by atoms with van der Waals surface area (Å²) in [6, 6.07) is 13.2. The number of carbonyl (C=O) groups is 1. The molecular formula is C19H20N2O4S. The minimum absolute atomic E-state index is 0.0521. The molecule has 0 radical (unpaired) electrons. The number of thioether (sulfide) groups is 1. The van der Waals surface area contributed by atoms with Crippen LogP contribution in [0.1, 0.15) is 17.9 Å². The first-order valence-corrected chi connectivity index (χ1v) is 9.61. The molecule has 4 rings (SSSR count). The van der Waals surface area contributed by atoms with Gasteiger partial charge < -0.3 is 24.4 Å². The highest BCUT2D eigenvalue weighted by molar-refractivity contribution is 7.99. The first kappa shape index (κ1) is 16.9. The molecule has 0 aliphatic carbocycles. The summed E-state index contributed by atoms with van der Waals surface area (Å²) in [5.41, 5.74) is 1.71. The van der Waals surface area contributed by atoms with Crippen LogP contribution in [-0.2, 0) is 0 Å². The van der Waals surface area contributed by atoms with Crippen molar-refractivity contribution < 1.29 is 19.0 Å². The van der Waals surface area contributed by atoms with Crippen LogP contribution in [0.2, 0.25) is 0 Å². The molecule has 0 aromatic heterocycles. The number of nitrogens with one attached hydrogen (secondary N) is 1. The lowest BCUT2D eigenvalue weighted by Gasteiger charge is -2.25.